The first-order valence-corrected chi connectivity index (χ1v) is 6.42. The monoisotopic (exact) mass is 245 g/mol. The number of nitrogens with zero attached hydrogens (tertiary/aromatic N) is 2. The molecule has 0 saturated heterocycles. The van der Waals surface area contributed by atoms with Gasteiger partial charge in [-0.1, -0.05) is 37.3 Å². The quantitative estimate of drug-likeness (QED) is 0.849. The first-order valence-electron chi connectivity index (χ1n) is 6.42. The Kier molecular flexibility index (Phi) is 4.47. The van der Waals surface area contributed by atoms with Crippen molar-refractivity contribution in [2.45, 2.75) is 32.1 Å². The van der Waals surface area contributed by atoms with Crippen LogP contribution in [0.2, 0.25) is 0 Å². The van der Waals surface area contributed by atoms with E-state index in [0.717, 1.165) is 19.3 Å². The van der Waals surface area contributed by atoms with Crippen molar-refractivity contribution in [1.29, 1.82) is 0 Å². The fraction of sp³-hybridized carbons (Fsp3) is 0.429. The average Bonchev–Trinajstić information content (AvgIpc) is 2.87. The van der Waals surface area contributed by atoms with Crippen molar-refractivity contribution in [2.24, 2.45) is 5.73 Å². The molecule has 2 N–H and O–H groups in total. The van der Waals surface area contributed by atoms with Crippen molar-refractivity contribution in [2.75, 3.05) is 6.54 Å². The van der Waals surface area contributed by atoms with Gasteiger partial charge in [-0.2, -0.15) is 0 Å². The van der Waals surface area contributed by atoms with Gasteiger partial charge in [-0.3, -0.25) is 0 Å². The normalized spacial score (nSPS) is 12.6. The molecule has 0 aliphatic carbocycles. The molecule has 0 spiro atoms. The fourth-order valence-corrected chi connectivity index (χ4v) is 2.00. The number of hydrogen-bond donors (Lipinski definition) is 1. The second kappa shape index (κ2) is 6.31. The predicted octanol–water partition coefficient (Wildman–Crippen LogP) is 2.50. The molecule has 4 heteroatoms. The number of aryl methyl sites for hydroxylation is 1. The molecule has 0 radical (unpaired) electrons. The third-order valence-electron chi connectivity index (χ3n) is 2.99. The molecule has 0 bridgehead atoms. The molecular formula is C14H19N3O. The molecule has 1 unspecified atom stereocenters. The Bertz CT molecular complexity index is 467. The van der Waals surface area contributed by atoms with E-state index in [1.165, 1.54) is 5.56 Å². The van der Waals surface area contributed by atoms with Gasteiger partial charge < -0.3 is 10.2 Å². The topological polar surface area (TPSA) is 64.9 Å². The Morgan fingerprint density at radius 1 is 1.22 bits per heavy atom. The zero-order chi connectivity index (χ0) is 12.8. The van der Waals surface area contributed by atoms with E-state index in [9.17, 15) is 0 Å². The number of rotatable bonds is 6. The highest BCUT2D eigenvalue weighted by molar-refractivity contribution is 5.24. The van der Waals surface area contributed by atoms with Crippen molar-refractivity contribution in [3.8, 4) is 0 Å². The maximum atomic E-state index is 5.72. The molecule has 1 heterocycles. The van der Waals surface area contributed by atoms with Gasteiger partial charge >= 0.3 is 0 Å². The predicted molar refractivity (Wildman–Crippen MR) is 70.2 cm³/mol. The Morgan fingerprint density at radius 3 is 2.67 bits per heavy atom. The summed E-state index contributed by atoms with van der Waals surface area (Å²) in [5.74, 6) is 1.57. The summed E-state index contributed by atoms with van der Waals surface area (Å²) in [5.41, 5.74) is 6.69. The molecule has 0 aliphatic rings. The van der Waals surface area contributed by atoms with Crippen LogP contribution in [-0.4, -0.2) is 16.7 Å². The van der Waals surface area contributed by atoms with Crippen LogP contribution in [0.25, 0.3) is 0 Å². The lowest BCUT2D eigenvalue weighted by atomic mass is 9.97. The molecular weight excluding hydrogens is 226 g/mol. The molecule has 0 saturated carbocycles. The molecule has 0 amide bonds. The van der Waals surface area contributed by atoms with Gasteiger partial charge in [-0.05, 0) is 24.9 Å². The highest BCUT2D eigenvalue weighted by atomic mass is 16.4. The van der Waals surface area contributed by atoms with E-state index >= 15 is 0 Å². The molecule has 1 aromatic carbocycles. The summed E-state index contributed by atoms with van der Waals surface area (Å²) in [6.07, 6.45) is 2.58. The number of nitrogens with two attached hydrogens (primary N) is 1. The number of hydrogen-bond acceptors (Lipinski definition) is 4. The van der Waals surface area contributed by atoms with Crippen LogP contribution >= 0.6 is 0 Å². The molecule has 2 aromatic rings. The SMILES string of the molecule is CCC(c1ccccc1)c1nnc(CCCN)o1. The fourth-order valence-electron chi connectivity index (χ4n) is 2.00. The third kappa shape index (κ3) is 2.96. The smallest absolute Gasteiger partial charge is 0.223 e. The van der Waals surface area contributed by atoms with Crippen molar-refractivity contribution in [3.05, 3.63) is 47.7 Å². The van der Waals surface area contributed by atoms with E-state index in [1.807, 2.05) is 18.2 Å². The molecule has 96 valence electrons. The van der Waals surface area contributed by atoms with E-state index in [0.29, 0.717) is 18.3 Å². The minimum atomic E-state index is 0.185. The maximum Gasteiger partial charge on any atom is 0.223 e. The molecule has 1 aromatic heterocycles. The van der Waals surface area contributed by atoms with Crippen LogP contribution in [-0.2, 0) is 6.42 Å². The molecule has 1 atom stereocenters. The molecule has 0 aliphatic heterocycles. The minimum absolute atomic E-state index is 0.185. The van der Waals surface area contributed by atoms with Crippen LogP contribution in [0.4, 0.5) is 0 Å². The zero-order valence-corrected chi connectivity index (χ0v) is 10.7. The lowest BCUT2D eigenvalue weighted by Gasteiger charge is -2.10. The summed E-state index contributed by atoms with van der Waals surface area (Å²) >= 11 is 0. The Hall–Kier alpha value is -1.68. The summed E-state index contributed by atoms with van der Waals surface area (Å²) < 4.78 is 5.72. The van der Waals surface area contributed by atoms with Crippen LogP contribution in [0.3, 0.4) is 0 Å². The van der Waals surface area contributed by atoms with Gasteiger partial charge in [0.25, 0.3) is 0 Å². The highest BCUT2D eigenvalue weighted by Crippen LogP contribution is 2.26. The van der Waals surface area contributed by atoms with Crippen LogP contribution in [0.15, 0.2) is 34.7 Å². The zero-order valence-electron chi connectivity index (χ0n) is 10.7. The summed E-state index contributed by atoms with van der Waals surface area (Å²) in [6, 6.07) is 10.3. The van der Waals surface area contributed by atoms with Gasteiger partial charge in [0, 0.05) is 6.42 Å². The van der Waals surface area contributed by atoms with Crippen LogP contribution in [0.1, 0.15) is 43.0 Å². The molecule has 4 nitrogen and oxygen atoms in total. The third-order valence-corrected chi connectivity index (χ3v) is 2.99. The van der Waals surface area contributed by atoms with Crippen LogP contribution in [0, 0.1) is 0 Å². The Morgan fingerprint density at radius 2 is 2.00 bits per heavy atom. The van der Waals surface area contributed by atoms with Crippen molar-refractivity contribution >= 4 is 0 Å². The Labute approximate surface area is 107 Å². The summed E-state index contributed by atoms with van der Waals surface area (Å²) in [4.78, 5) is 0. The minimum Gasteiger partial charge on any atom is -0.425 e. The second-order valence-electron chi connectivity index (χ2n) is 4.30. The van der Waals surface area contributed by atoms with Crippen molar-refractivity contribution in [3.63, 3.8) is 0 Å². The highest BCUT2D eigenvalue weighted by Gasteiger charge is 2.18. The number of aromatic nitrogens is 2. The van der Waals surface area contributed by atoms with Crippen molar-refractivity contribution in [1.82, 2.24) is 10.2 Å². The summed E-state index contributed by atoms with van der Waals surface area (Å²) in [6.45, 7) is 2.77. The summed E-state index contributed by atoms with van der Waals surface area (Å²) in [5, 5.41) is 8.24. The van der Waals surface area contributed by atoms with E-state index in [4.69, 9.17) is 10.2 Å². The Balaban J connectivity index is 2.15. The summed E-state index contributed by atoms with van der Waals surface area (Å²) in [7, 11) is 0. The van der Waals surface area contributed by atoms with Gasteiger partial charge in [0.2, 0.25) is 11.8 Å². The van der Waals surface area contributed by atoms with Gasteiger partial charge in [-0.15, -0.1) is 10.2 Å². The van der Waals surface area contributed by atoms with E-state index in [1.54, 1.807) is 0 Å². The molecule has 0 fully saturated rings. The van der Waals surface area contributed by atoms with E-state index < -0.39 is 0 Å². The average molecular weight is 245 g/mol. The van der Waals surface area contributed by atoms with E-state index in [2.05, 4.69) is 29.3 Å². The lowest BCUT2D eigenvalue weighted by Crippen LogP contribution is -2.00. The molecule has 18 heavy (non-hydrogen) atoms. The molecule has 2 rings (SSSR count). The van der Waals surface area contributed by atoms with Gasteiger partial charge in [-0.25, -0.2) is 0 Å². The van der Waals surface area contributed by atoms with Crippen LogP contribution in [0.5, 0.6) is 0 Å². The van der Waals surface area contributed by atoms with Crippen molar-refractivity contribution < 1.29 is 4.42 Å². The second-order valence-corrected chi connectivity index (χ2v) is 4.30. The van der Waals surface area contributed by atoms with Gasteiger partial charge in [0.15, 0.2) is 0 Å². The number of benzene rings is 1. The maximum absolute atomic E-state index is 5.72. The first-order chi connectivity index (χ1) is 8.85. The largest absolute Gasteiger partial charge is 0.425 e. The van der Waals surface area contributed by atoms with Gasteiger partial charge in [0.05, 0.1) is 5.92 Å². The van der Waals surface area contributed by atoms with E-state index in [-0.39, 0.29) is 5.92 Å². The lowest BCUT2D eigenvalue weighted by molar-refractivity contribution is 0.425. The van der Waals surface area contributed by atoms with Crippen LogP contribution < -0.4 is 5.73 Å². The van der Waals surface area contributed by atoms with Gasteiger partial charge in [0.1, 0.15) is 0 Å². The first kappa shape index (κ1) is 12.8. The standard InChI is InChI=1S/C14H19N3O/c1-2-12(11-7-4-3-5-8-11)14-17-16-13(18-14)9-6-10-15/h3-5,7-8,12H,2,6,9-10,15H2,1H3.